The average Bonchev–Trinajstić information content (AvgIpc) is 2.09. The van der Waals surface area contributed by atoms with Crippen LogP contribution in [-0.2, 0) is 19.1 Å². The fourth-order valence-electron chi connectivity index (χ4n) is 1.15. The summed E-state index contributed by atoms with van der Waals surface area (Å²) < 4.78 is 9.76. The Balaban J connectivity index is 4.42. The molecule has 0 N–H and O–H groups in total. The molecule has 5 nitrogen and oxygen atoms in total. The monoisotopic (exact) mass is 231 g/mol. The van der Waals surface area contributed by atoms with Crippen molar-refractivity contribution in [1.82, 2.24) is 4.90 Å². The second-order valence-corrected chi connectivity index (χ2v) is 4.79. The summed E-state index contributed by atoms with van der Waals surface area (Å²) in [6, 6.07) is -0.597. The number of carbonyl (C=O) groups is 2. The molecule has 1 atom stereocenters. The minimum atomic E-state index is -0.597. The molecule has 0 rings (SSSR count). The van der Waals surface area contributed by atoms with Crippen molar-refractivity contribution in [2.75, 3.05) is 21.2 Å². The van der Waals surface area contributed by atoms with E-state index in [2.05, 4.69) is 4.74 Å². The second-order valence-electron chi connectivity index (χ2n) is 4.79. The Morgan fingerprint density at radius 1 is 1.25 bits per heavy atom. The molecule has 0 aliphatic rings. The van der Waals surface area contributed by atoms with Crippen LogP contribution in [0.3, 0.4) is 0 Å². The highest BCUT2D eigenvalue weighted by molar-refractivity contribution is 5.82. The maximum absolute atomic E-state index is 11.5. The van der Waals surface area contributed by atoms with Crippen LogP contribution in [0.1, 0.15) is 27.2 Å². The lowest BCUT2D eigenvalue weighted by atomic mass is 10.1. The molecule has 0 aromatic rings. The number of likely N-dealkylation sites (N-methyl/N-ethyl adjacent to an activating group) is 1. The maximum Gasteiger partial charge on any atom is 0.323 e. The molecule has 0 unspecified atom stereocenters. The minimum Gasteiger partial charge on any atom is -0.468 e. The molecule has 0 aromatic heterocycles. The molecule has 0 aliphatic heterocycles. The van der Waals surface area contributed by atoms with Crippen molar-refractivity contribution in [2.24, 2.45) is 0 Å². The summed E-state index contributed by atoms with van der Waals surface area (Å²) in [7, 11) is 4.73. The number of hydrogen-bond acceptors (Lipinski definition) is 5. The first kappa shape index (κ1) is 14.9. The maximum atomic E-state index is 11.5. The predicted octanol–water partition coefficient (Wildman–Crippen LogP) is 0.821. The Kier molecular flexibility index (Phi) is 5.44. The number of methoxy groups -OCH3 is 1. The van der Waals surface area contributed by atoms with E-state index in [0.29, 0.717) is 0 Å². The van der Waals surface area contributed by atoms with Crippen molar-refractivity contribution in [3.63, 3.8) is 0 Å². The SMILES string of the molecule is COC(=O)[C@H](CC(=O)OC(C)(C)C)N(C)C. The number of hydrogen-bond donors (Lipinski definition) is 0. The fraction of sp³-hybridized carbons (Fsp3) is 0.818. The zero-order valence-electron chi connectivity index (χ0n) is 10.9. The molecule has 0 bridgehead atoms. The molecule has 0 saturated carbocycles. The van der Waals surface area contributed by atoms with Crippen LogP contribution < -0.4 is 0 Å². The van der Waals surface area contributed by atoms with E-state index in [0.717, 1.165) is 0 Å². The van der Waals surface area contributed by atoms with Gasteiger partial charge in [-0.15, -0.1) is 0 Å². The van der Waals surface area contributed by atoms with Crippen LogP contribution in [0.5, 0.6) is 0 Å². The summed E-state index contributed by atoms with van der Waals surface area (Å²) in [4.78, 5) is 24.6. The average molecular weight is 231 g/mol. The molecule has 16 heavy (non-hydrogen) atoms. The van der Waals surface area contributed by atoms with Gasteiger partial charge >= 0.3 is 11.9 Å². The first-order valence-corrected chi connectivity index (χ1v) is 5.13. The first-order valence-electron chi connectivity index (χ1n) is 5.13. The highest BCUT2D eigenvalue weighted by Gasteiger charge is 2.27. The zero-order chi connectivity index (χ0) is 12.9. The van der Waals surface area contributed by atoms with Crippen molar-refractivity contribution in [3.05, 3.63) is 0 Å². The van der Waals surface area contributed by atoms with Gasteiger partial charge in [0.15, 0.2) is 0 Å². The first-order chi connectivity index (χ1) is 7.17. The number of ether oxygens (including phenoxy) is 2. The van der Waals surface area contributed by atoms with E-state index in [1.165, 1.54) is 7.11 Å². The predicted molar refractivity (Wildman–Crippen MR) is 60.0 cm³/mol. The third kappa shape index (κ3) is 5.70. The molecule has 0 aromatic carbocycles. The van der Waals surface area contributed by atoms with Gasteiger partial charge in [-0.1, -0.05) is 0 Å². The summed E-state index contributed by atoms with van der Waals surface area (Å²) in [5.74, 6) is -0.840. The standard InChI is InChI=1S/C11H21NO4/c1-11(2,3)16-9(13)7-8(12(4)5)10(14)15-6/h8H,7H2,1-6H3/t8-/m0/s1. The molecule has 0 radical (unpaired) electrons. The quantitative estimate of drug-likeness (QED) is 0.670. The van der Waals surface area contributed by atoms with Crippen LogP contribution in [0.15, 0.2) is 0 Å². The minimum absolute atomic E-state index is 0.00303. The normalized spacial score (nSPS) is 13.4. The second kappa shape index (κ2) is 5.84. The van der Waals surface area contributed by atoms with Gasteiger partial charge in [-0.25, -0.2) is 0 Å². The summed E-state index contributed by atoms with van der Waals surface area (Å²) in [6.07, 6.45) is -0.00303. The third-order valence-electron chi connectivity index (χ3n) is 1.88. The van der Waals surface area contributed by atoms with E-state index in [-0.39, 0.29) is 6.42 Å². The van der Waals surface area contributed by atoms with Gasteiger partial charge in [0.2, 0.25) is 0 Å². The molecule has 0 fully saturated rings. The van der Waals surface area contributed by atoms with Crippen LogP contribution >= 0.6 is 0 Å². The lowest BCUT2D eigenvalue weighted by molar-refractivity contribution is -0.161. The number of esters is 2. The fourth-order valence-corrected chi connectivity index (χ4v) is 1.15. The highest BCUT2D eigenvalue weighted by Crippen LogP contribution is 2.11. The van der Waals surface area contributed by atoms with E-state index < -0.39 is 23.6 Å². The van der Waals surface area contributed by atoms with E-state index in [1.54, 1.807) is 39.8 Å². The van der Waals surface area contributed by atoms with Gasteiger partial charge in [0, 0.05) is 0 Å². The third-order valence-corrected chi connectivity index (χ3v) is 1.88. The molecule has 0 aliphatic carbocycles. The van der Waals surface area contributed by atoms with Gasteiger partial charge in [0.1, 0.15) is 11.6 Å². The molecule has 0 heterocycles. The van der Waals surface area contributed by atoms with E-state index in [1.807, 2.05) is 0 Å². The van der Waals surface area contributed by atoms with Gasteiger partial charge in [-0.3, -0.25) is 14.5 Å². The molecule has 0 spiro atoms. The van der Waals surface area contributed by atoms with Crippen LogP contribution in [0.4, 0.5) is 0 Å². The van der Waals surface area contributed by atoms with Crippen LogP contribution in [0, 0.1) is 0 Å². The summed E-state index contributed by atoms with van der Waals surface area (Å²) in [5, 5.41) is 0. The Bertz CT molecular complexity index is 255. The molecular weight excluding hydrogens is 210 g/mol. The highest BCUT2D eigenvalue weighted by atomic mass is 16.6. The van der Waals surface area contributed by atoms with Crippen molar-refractivity contribution in [3.8, 4) is 0 Å². The van der Waals surface area contributed by atoms with Crippen LogP contribution in [-0.4, -0.2) is 49.7 Å². The number of carbonyl (C=O) groups excluding carboxylic acids is 2. The smallest absolute Gasteiger partial charge is 0.323 e. The van der Waals surface area contributed by atoms with Gasteiger partial charge in [-0.05, 0) is 34.9 Å². The molecule has 0 saturated heterocycles. The van der Waals surface area contributed by atoms with Crippen molar-refractivity contribution >= 4 is 11.9 Å². The molecule has 0 amide bonds. The van der Waals surface area contributed by atoms with Crippen molar-refractivity contribution in [1.29, 1.82) is 0 Å². The van der Waals surface area contributed by atoms with E-state index in [9.17, 15) is 9.59 Å². The Morgan fingerprint density at radius 3 is 2.06 bits per heavy atom. The van der Waals surface area contributed by atoms with Crippen LogP contribution in [0.2, 0.25) is 0 Å². The largest absolute Gasteiger partial charge is 0.468 e. The van der Waals surface area contributed by atoms with Crippen LogP contribution in [0.25, 0.3) is 0 Å². The summed E-state index contributed by atoms with van der Waals surface area (Å²) >= 11 is 0. The summed E-state index contributed by atoms with van der Waals surface area (Å²) in [5.41, 5.74) is -0.538. The number of rotatable bonds is 4. The molecular formula is C11H21NO4. The zero-order valence-corrected chi connectivity index (χ0v) is 10.9. The topological polar surface area (TPSA) is 55.8 Å². The number of nitrogens with zero attached hydrogens (tertiary/aromatic N) is 1. The Labute approximate surface area is 96.7 Å². The summed E-state index contributed by atoms with van der Waals surface area (Å²) in [6.45, 7) is 5.36. The van der Waals surface area contributed by atoms with E-state index in [4.69, 9.17) is 4.74 Å². The van der Waals surface area contributed by atoms with Gasteiger partial charge < -0.3 is 9.47 Å². The van der Waals surface area contributed by atoms with Gasteiger partial charge in [0.05, 0.1) is 13.5 Å². The lowest BCUT2D eigenvalue weighted by Crippen LogP contribution is -2.40. The molecule has 94 valence electrons. The lowest BCUT2D eigenvalue weighted by Gasteiger charge is -2.24. The van der Waals surface area contributed by atoms with Crippen molar-refractivity contribution in [2.45, 2.75) is 38.8 Å². The van der Waals surface area contributed by atoms with Crippen molar-refractivity contribution < 1.29 is 19.1 Å². The Hall–Kier alpha value is -1.10. The molecule has 5 heteroatoms. The Morgan fingerprint density at radius 2 is 1.75 bits per heavy atom. The van der Waals surface area contributed by atoms with E-state index >= 15 is 0 Å². The van der Waals surface area contributed by atoms with Gasteiger partial charge in [-0.2, -0.15) is 0 Å². The van der Waals surface area contributed by atoms with Gasteiger partial charge in [0.25, 0.3) is 0 Å².